The van der Waals surface area contributed by atoms with E-state index in [1.54, 1.807) is 38.5 Å². The molecule has 0 aromatic rings. The average Bonchev–Trinajstić information content (AvgIpc) is 3.81. The lowest BCUT2D eigenvalue weighted by atomic mass is 9.68. The van der Waals surface area contributed by atoms with Gasteiger partial charge in [-0.25, -0.2) is 0 Å². The van der Waals surface area contributed by atoms with Crippen molar-refractivity contribution in [3.05, 3.63) is 62.8 Å². The Kier molecular flexibility index (Phi) is 41.2. The molecule has 10 aliphatic rings. The van der Waals surface area contributed by atoms with Crippen molar-refractivity contribution in [1.29, 1.82) is 0 Å². The first-order chi connectivity index (χ1) is 44.7. The quantitative estimate of drug-likeness (QED) is 0.0631. The van der Waals surface area contributed by atoms with Gasteiger partial charge in [-0.15, -0.1) is 26.3 Å². The lowest BCUT2D eigenvalue weighted by molar-refractivity contribution is 0.141. The van der Waals surface area contributed by atoms with Crippen LogP contribution in [-0.2, 0) is 0 Å². The minimum atomic E-state index is 0.835. The topological polar surface area (TPSA) is 0 Å². The summed E-state index contributed by atoms with van der Waals surface area (Å²) in [6, 6.07) is 0. The van der Waals surface area contributed by atoms with Gasteiger partial charge in [0.15, 0.2) is 0 Å². The zero-order chi connectivity index (χ0) is 64.7. The molecule has 10 aliphatic carbocycles. The predicted octanol–water partition coefficient (Wildman–Crippen LogP) is 30.3. The summed E-state index contributed by atoms with van der Waals surface area (Å²) in [6.07, 6.45) is 95.0. The standard InChI is InChI=1S/2C19H34.2C18H32.C17H30/c1-3-5-6-7-17-10-14-19(15-11-17)18-12-8-16(4-2)9-13-18;1-3-5-7-17-10-14-19(15-11-17)18-12-8-16(6-4-2)9-13-18;1-3-5-6-16-9-13-18(14-10-16)17-11-7-15(4-2)8-12-17;1-3-5-15-7-11-17(12-8-15)18-13-9-16(6-4-2)10-14-18;1-3-5-15-8-12-17(13-9-15)16-10-6-14(4-2)7-11-16/h4,16-19H,2-3,5-15H2,1H3;3,16-19H,1,4-15H2,2H3;4,15-18H,2-3,5-14H2,1H3;3,5,15-18H,4,6-14H2,1-2H3;4,14-17H,2-3,5-13H2,1H3/b;;;5-3+;. The van der Waals surface area contributed by atoms with Crippen LogP contribution in [0.15, 0.2) is 62.8 Å². The molecule has 10 fully saturated rings. The first-order valence-corrected chi connectivity index (χ1v) is 42.8. The van der Waals surface area contributed by atoms with Crippen LogP contribution >= 0.6 is 0 Å². The molecule has 526 valence electrons. The van der Waals surface area contributed by atoms with Crippen molar-refractivity contribution in [2.75, 3.05) is 0 Å². The van der Waals surface area contributed by atoms with Crippen LogP contribution in [0.1, 0.15) is 395 Å². The highest BCUT2D eigenvalue weighted by atomic mass is 14.4. The number of hydrogen-bond acceptors (Lipinski definition) is 0. The van der Waals surface area contributed by atoms with Crippen molar-refractivity contribution in [2.45, 2.75) is 395 Å². The maximum Gasteiger partial charge on any atom is -0.0233 e. The van der Waals surface area contributed by atoms with Crippen LogP contribution in [0.5, 0.6) is 0 Å². The third-order valence-electron chi connectivity index (χ3n) is 28.5. The second-order valence-electron chi connectivity index (χ2n) is 34.5. The van der Waals surface area contributed by atoms with Gasteiger partial charge in [-0.05, 0) is 318 Å². The van der Waals surface area contributed by atoms with Gasteiger partial charge in [-0.2, -0.15) is 0 Å². The van der Waals surface area contributed by atoms with Crippen molar-refractivity contribution >= 4 is 0 Å². The molecular weight excluding hydrogens is 1090 g/mol. The molecule has 0 aromatic carbocycles. The van der Waals surface area contributed by atoms with Gasteiger partial charge in [0, 0.05) is 0 Å². The predicted molar refractivity (Wildman–Crippen MR) is 408 cm³/mol. The highest BCUT2D eigenvalue weighted by molar-refractivity contribution is 4.93. The van der Waals surface area contributed by atoms with Gasteiger partial charge in [0.25, 0.3) is 0 Å². The van der Waals surface area contributed by atoms with E-state index < -0.39 is 0 Å². The van der Waals surface area contributed by atoms with Gasteiger partial charge in [-0.3, -0.25) is 0 Å². The first kappa shape index (κ1) is 78.7. The van der Waals surface area contributed by atoms with E-state index in [9.17, 15) is 0 Å². The monoisotopic (exact) mass is 1260 g/mol. The lowest BCUT2D eigenvalue weighted by Gasteiger charge is -2.38. The van der Waals surface area contributed by atoms with E-state index in [0.29, 0.717) is 0 Å². The Morgan fingerprint density at radius 3 is 0.670 bits per heavy atom. The first-order valence-electron chi connectivity index (χ1n) is 42.8. The largest absolute Gasteiger partial charge is 0.103 e. The van der Waals surface area contributed by atoms with Crippen molar-refractivity contribution in [2.24, 2.45) is 118 Å². The molecule has 0 radical (unpaired) electrons. The molecule has 0 heteroatoms. The molecule has 0 aliphatic heterocycles. The summed E-state index contributed by atoms with van der Waals surface area (Å²) in [5, 5.41) is 0. The Morgan fingerprint density at radius 1 is 0.231 bits per heavy atom. The van der Waals surface area contributed by atoms with E-state index in [1.165, 1.54) is 315 Å². The molecular formula is C91H162. The fourth-order valence-electron chi connectivity index (χ4n) is 22.1. The van der Waals surface area contributed by atoms with Crippen molar-refractivity contribution < 1.29 is 0 Å². The summed E-state index contributed by atoms with van der Waals surface area (Å²) < 4.78 is 0. The van der Waals surface area contributed by atoms with Gasteiger partial charge in [0.2, 0.25) is 0 Å². The van der Waals surface area contributed by atoms with Crippen LogP contribution in [0.2, 0.25) is 0 Å². The van der Waals surface area contributed by atoms with E-state index in [4.69, 9.17) is 0 Å². The highest BCUT2D eigenvalue weighted by Crippen LogP contribution is 2.48. The second kappa shape index (κ2) is 47.6. The summed E-state index contributed by atoms with van der Waals surface area (Å²) in [5.74, 6) is 20.6. The van der Waals surface area contributed by atoms with E-state index in [-0.39, 0.29) is 0 Å². The minimum Gasteiger partial charge on any atom is -0.103 e. The molecule has 10 rings (SSSR count). The van der Waals surface area contributed by atoms with Crippen LogP contribution in [0.3, 0.4) is 0 Å². The van der Waals surface area contributed by atoms with Gasteiger partial charge in [0.05, 0.1) is 0 Å². The van der Waals surface area contributed by atoms with E-state index in [2.05, 4.69) is 104 Å². The number of hydrogen-bond donors (Lipinski definition) is 0. The Balaban J connectivity index is 0.000000181. The van der Waals surface area contributed by atoms with Crippen LogP contribution in [-0.4, -0.2) is 0 Å². The van der Waals surface area contributed by atoms with Crippen LogP contribution in [0.25, 0.3) is 0 Å². The second-order valence-corrected chi connectivity index (χ2v) is 34.5. The fourth-order valence-corrected chi connectivity index (χ4v) is 22.1. The lowest BCUT2D eigenvalue weighted by Crippen LogP contribution is -2.25. The molecule has 0 unspecified atom stereocenters. The summed E-state index contributed by atoms with van der Waals surface area (Å²) in [4.78, 5) is 0. The summed E-state index contributed by atoms with van der Waals surface area (Å²) in [7, 11) is 0. The SMILES string of the molecule is C/C=C/C1CCC(C2CCC(CCC)CC2)CC1.C=CC1CCC(C2CCC(CCC)CC2)CC1.C=CC1CCC(C2CCC(CCCC)CC2)CC1.C=CC1CCC(C2CCC(CCCCC)CC2)CC1.C=CCCC1CCC(C2CCC(CCC)CC2)CC1. The molecule has 0 nitrogen and oxygen atoms in total. The Bertz CT molecular complexity index is 1770. The maximum absolute atomic E-state index is 3.97. The molecule has 0 heterocycles. The summed E-state index contributed by atoms with van der Waals surface area (Å²) in [6.45, 7) is 29.6. The highest BCUT2D eigenvalue weighted by Gasteiger charge is 2.35. The van der Waals surface area contributed by atoms with Crippen LogP contribution in [0.4, 0.5) is 0 Å². The Morgan fingerprint density at radius 2 is 0.451 bits per heavy atom. The van der Waals surface area contributed by atoms with E-state index in [0.717, 1.165) is 118 Å². The molecule has 0 atom stereocenters. The van der Waals surface area contributed by atoms with Crippen molar-refractivity contribution in [3.8, 4) is 0 Å². The third-order valence-corrected chi connectivity index (χ3v) is 28.5. The zero-order valence-electron chi connectivity index (χ0n) is 62.7. The maximum atomic E-state index is 3.97. The zero-order valence-corrected chi connectivity index (χ0v) is 62.7. The van der Waals surface area contributed by atoms with Gasteiger partial charge < -0.3 is 0 Å². The fraction of sp³-hybridized carbons (Fsp3) is 0.890. The number of unbranched alkanes of at least 4 members (excludes halogenated alkanes) is 3. The smallest absolute Gasteiger partial charge is 0.0233 e. The van der Waals surface area contributed by atoms with Gasteiger partial charge in [0.1, 0.15) is 0 Å². The third kappa shape index (κ3) is 29.8. The van der Waals surface area contributed by atoms with E-state index in [1.807, 2.05) is 0 Å². The molecule has 91 heavy (non-hydrogen) atoms. The Labute approximate surface area is 572 Å². The van der Waals surface area contributed by atoms with Crippen molar-refractivity contribution in [1.82, 2.24) is 0 Å². The molecule has 0 saturated heterocycles. The van der Waals surface area contributed by atoms with E-state index >= 15 is 0 Å². The molecule has 0 bridgehead atoms. The van der Waals surface area contributed by atoms with Crippen LogP contribution < -0.4 is 0 Å². The van der Waals surface area contributed by atoms with Crippen molar-refractivity contribution in [3.63, 3.8) is 0 Å². The molecule has 10 saturated carbocycles. The summed E-state index contributed by atoms with van der Waals surface area (Å²) >= 11 is 0. The summed E-state index contributed by atoms with van der Waals surface area (Å²) in [5.41, 5.74) is 0. The molecule has 0 N–H and O–H groups in total. The van der Waals surface area contributed by atoms with Gasteiger partial charge >= 0.3 is 0 Å². The minimum absolute atomic E-state index is 0.835. The van der Waals surface area contributed by atoms with Gasteiger partial charge in [-0.1, -0.05) is 232 Å². The normalized spacial score (nSPS) is 37.3. The Hall–Kier alpha value is -1.30. The molecule has 0 amide bonds. The molecule has 0 spiro atoms. The number of rotatable bonds is 25. The molecule has 0 aromatic heterocycles. The average molecular weight is 1260 g/mol. The number of allylic oxidation sites excluding steroid dienone is 6. The van der Waals surface area contributed by atoms with Crippen LogP contribution in [0, 0.1) is 118 Å².